The molecule has 4 heteroatoms. The molecule has 4 nitrogen and oxygen atoms in total. The lowest BCUT2D eigenvalue weighted by Crippen LogP contribution is -2.46. The van der Waals surface area contributed by atoms with E-state index >= 15 is 0 Å². The molecule has 0 N–H and O–H groups in total. The van der Waals surface area contributed by atoms with Gasteiger partial charge in [-0.25, -0.2) is 4.98 Å². The molecule has 1 fully saturated rings. The second kappa shape index (κ2) is 4.57. The van der Waals surface area contributed by atoms with Crippen molar-refractivity contribution in [2.45, 2.75) is 45.3 Å². The van der Waals surface area contributed by atoms with Crippen LogP contribution in [0.3, 0.4) is 0 Å². The van der Waals surface area contributed by atoms with Crippen molar-refractivity contribution in [1.29, 1.82) is 0 Å². The van der Waals surface area contributed by atoms with Crippen molar-refractivity contribution in [2.24, 2.45) is 0 Å². The molecular weight excluding hydrogens is 310 g/mol. The van der Waals surface area contributed by atoms with E-state index in [9.17, 15) is 0 Å². The zero-order valence-corrected chi connectivity index (χ0v) is 15.4. The molecule has 1 saturated heterocycles. The normalized spacial score (nSPS) is 24.2. The summed E-state index contributed by atoms with van der Waals surface area (Å²) in [7, 11) is 2.16. The molecule has 0 spiro atoms. The highest BCUT2D eigenvalue weighted by atomic mass is 16.3. The van der Waals surface area contributed by atoms with Crippen LogP contribution >= 0.6 is 0 Å². The molecule has 25 heavy (non-hydrogen) atoms. The zero-order valence-electron chi connectivity index (χ0n) is 15.4. The Morgan fingerprint density at radius 2 is 1.84 bits per heavy atom. The van der Waals surface area contributed by atoms with Gasteiger partial charge < -0.3 is 14.2 Å². The van der Waals surface area contributed by atoms with E-state index in [2.05, 4.69) is 79.1 Å². The van der Waals surface area contributed by atoms with E-state index in [0.29, 0.717) is 12.1 Å². The van der Waals surface area contributed by atoms with Crippen molar-refractivity contribution in [3.05, 3.63) is 47.8 Å². The molecule has 1 aromatic carbocycles. The molecule has 2 atom stereocenters. The molecule has 0 aliphatic carbocycles. The first-order chi connectivity index (χ1) is 11.9. The van der Waals surface area contributed by atoms with Gasteiger partial charge in [0.05, 0.1) is 23.3 Å². The molecule has 3 aromatic rings. The van der Waals surface area contributed by atoms with Crippen molar-refractivity contribution >= 4 is 27.8 Å². The van der Waals surface area contributed by atoms with E-state index in [-0.39, 0.29) is 5.54 Å². The number of hydrogen-bond donors (Lipinski definition) is 0. The second-order valence-electron chi connectivity index (χ2n) is 7.96. The Balaban J connectivity index is 1.74. The molecule has 5 rings (SSSR count). The molecule has 0 radical (unpaired) electrons. The van der Waals surface area contributed by atoms with Crippen LogP contribution in [0.5, 0.6) is 0 Å². The monoisotopic (exact) mass is 333 g/mol. The number of fused-ring (bicyclic) bond motifs is 4. The van der Waals surface area contributed by atoms with Crippen LogP contribution in [0, 0.1) is 13.8 Å². The van der Waals surface area contributed by atoms with E-state index in [0.717, 1.165) is 27.8 Å². The third-order valence-electron chi connectivity index (χ3n) is 6.07. The average Bonchev–Trinajstić information content (AvgIpc) is 3.17. The van der Waals surface area contributed by atoms with Crippen LogP contribution in [0.1, 0.15) is 25.1 Å². The van der Waals surface area contributed by atoms with Gasteiger partial charge in [0.25, 0.3) is 0 Å². The summed E-state index contributed by atoms with van der Waals surface area (Å²) < 4.78 is 6.26. The Bertz CT molecular complexity index is 1050. The summed E-state index contributed by atoms with van der Waals surface area (Å²) in [5.74, 6) is 0. The number of furan rings is 1. The van der Waals surface area contributed by atoms with Crippen molar-refractivity contribution in [1.82, 2.24) is 9.88 Å². The fourth-order valence-corrected chi connectivity index (χ4v) is 4.33. The van der Waals surface area contributed by atoms with Gasteiger partial charge in [-0.15, -0.1) is 0 Å². The Hall–Kier alpha value is -2.49. The molecule has 0 saturated carbocycles. The van der Waals surface area contributed by atoms with E-state index in [1.807, 2.05) is 6.92 Å². The number of aryl methyl sites for hydroxylation is 2. The highest BCUT2D eigenvalue weighted by Gasteiger charge is 2.58. The Morgan fingerprint density at radius 3 is 2.64 bits per heavy atom. The van der Waals surface area contributed by atoms with Crippen LogP contribution in [0.25, 0.3) is 22.1 Å². The smallest absolute Gasteiger partial charge is 0.227 e. The first kappa shape index (κ1) is 14.8. The lowest BCUT2D eigenvalue weighted by Gasteiger charge is -2.36. The van der Waals surface area contributed by atoms with Gasteiger partial charge in [-0.1, -0.05) is 12.1 Å². The lowest BCUT2D eigenvalue weighted by atomic mass is 9.94. The number of rotatable bonds is 1. The molecule has 4 heterocycles. The molecular formula is C21H23N3O. The third kappa shape index (κ3) is 1.85. The topological polar surface area (TPSA) is 32.3 Å². The van der Waals surface area contributed by atoms with Crippen LogP contribution in [0.4, 0.5) is 5.69 Å². The maximum absolute atomic E-state index is 6.26. The minimum absolute atomic E-state index is 0.0921. The minimum atomic E-state index is 0.0921. The van der Waals surface area contributed by atoms with Gasteiger partial charge in [-0.2, -0.15) is 0 Å². The Morgan fingerprint density at radius 1 is 1.08 bits per heavy atom. The maximum Gasteiger partial charge on any atom is 0.227 e. The lowest BCUT2D eigenvalue weighted by molar-refractivity contribution is 0.213. The summed E-state index contributed by atoms with van der Waals surface area (Å²) >= 11 is 0. The van der Waals surface area contributed by atoms with Gasteiger partial charge in [-0.3, -0.25) is 0 Å². The summed E-state index contributed by atoms with van der Waals surface area (Å²) in [5.41, 5.74) is 5.25. The first-order valence-corrected chi connectivity index (χ1v) is 8.88. The Kier molecular flexibility index (Phi) is 2.71. The molecule has 1 unspecified atom stereocenters. The first-order valence-electron chi connectivity index (χ1n) is 8.88. The fraction of sp³-hybridized carbons (Fsp3) is 0.381. The van der Waals surface area contributed by atoms with Gasteiger partial charge in [0.15, 0.2) is 5.58 Å². The van der Waals surface area contributed by atoms with Crippen LogP contribution in [-0.2, 0) is 0 Å². The molecule has 2 aliphatic rings. The van der Waals surface area contributed by atoms with Crippen LogP contribution < -0.4 is 4.90 Å². The van der Waals surface area contributed by atoms with Gasteiger partial charge in [-0.05, 0) is 57.7 Å². The Labute approximate surface area is 147 Å². The number of aromatic nitrogens is 1. The number of pyridine rings is 1. The second-order valence-corrected chi connectivity index (χ2v) is 7.96. The van der Waals surface area contributed by atoms with Gasteiger partial charge >= 0.3 is 0 Å². The molecule has 2 aromatic heterocycles. The van der Waals surface area contributed by atoms with Crippen molar-refractivity contribution in [2.75, 3.05) is 11.9 Å². The van der Waals surface area contributed by atoms with Crippen molar-refractivity contribution < 1.29 is 4.42 Å². The number of likely N-dealkylation sites (N-methyl/N-ethyl adjacent to an activating group) is 1. The SMILES string of the molecule is Cc1ccc2c(n1)oc1c(N3C4[C@H]3C=CN(C)C4(C)C)c(C)ccc12. The van der Waals surface area contributed by atoms with E-state index in [1.54, 1.807) is 0 Å². The molecule has 2 aliphatic heterocycles. The highest BCUT2D eigenvalue weighted by Crippen LogP contribution is 2.50. The molecule has 128 valence electrons. The predicted octanol–water partition coefficient (Wildman–Crippen LogP) is 4.39. The highest BCUT2D eigenvalue weighted by molar-refractivity contribution is 6.09. The largest absolute Gasteiger partial charge is 0.436 e. The summed E-state index contributed by atoms with van der Waals surface area (Å²) in [6.07, 6.45) is 4.51. The van der Waals surface area contributed by atoms with Crippen molar-refractivity contribution in [3.8, 4) is 0 Å². The van der Waals surface area contributed by atoms with Crippen molar-refractivity contribution in [3.63, 3.8) is 0 Å². The van der Waals surface area contributed by atoms with E-state index in [4.69, 9.17) is 4.42 Å². The number of hydrogen-bond acceptors (Lipinski definition) is 4. The molecule has 0 bridgehead atoms. The average molecular weight is 333 g/mol. The zero-order chi connectivity index (χ0) is 17.5. The maximum atomic E-state index is 6.26. The predicted molar refractivity (Wildman–Crippen MR) is 102 cm³/mol. The van der Waals surface area contributed by atoms with Crippen LogP contribution in [0.15, 0.2) is 41.0 Å². The summed E-state index contributed by atoms with van der Waals surface area (Å²) in [5, 5.41) is 2.25. The standard InChI is InChI=1S/C21H23N3O/c1-12-6-8-14-15-9-7-13(2)22-20(15)25-18(14)17(12)24-16-10-11-23(5)21(3,4)19(16)24/h6-11,16,19H,1-5H3/t16-,19?,24?/m1/s1. The van der Waals surface area contributed by atoms with E-state index in [1.165, 1.54) is 11.3 Å². The minimum Gasteiger partial charge on any atom is -0.436 e. The number of benzene rings is 1. The quantitative estimate of drug-likeness (QED) is 0.618. The number of anilines is 1. The molecule has 0 amide bonds. The van der Waals surface area contributed by atoms with Gasteiger partial charge in [0.2, 0.25) is 5.71 Å². The van der Waals surface area contributed by atoms with Crippen LogP contribution in [-0.4, -0.2) is 34.6 Å². The number of nitrogens with zero attached hydrogens (tertiary/aromatic N) is 3. The third-order valence-corrected chi connectivity index (χ3v) is 6.07. The summed E-state index contributed by atoms with van der Waals surface area (Å²) in [4.78, 5) is 9.41. The van der Waals surface area contributed by atoms with Gasteiger partial charge in [0.1, 0.15) is 0 Å². The van der Waals surface area contributed by atoms with Gasteiger partial charge in [0, 0.05) is 23.5 Å². The summed E-state index contributed by atoms with van der Waals surface area (Å²) in [6.45, 7) is 8.80. The summed E-state index contributed by atoms with van der Waals surface area (Å²) in [6, 6.07) is 9.45. The van der Waals surface area contributed by atoms with E-state index < -0.39 is 0 Å². The fourth-order valence-electron chi connectivity index (χ4n) is 4.33. The van der Waals surface area contributed by atoms with Crippen LogP contribution in [0.2, 0.25) is 0 Å².